The Morgan fingerprint density at radius 1 is 1.25 bits per heavy atom. The minimum atomic E-state index is -2.16. The first-order chi connectivity index (χ1) is 5.55. The molecule has 1 saturated heterocycles. The molecule has 0 aromatic heterocycles. The first-order valence-corrected chi connectivity index (χ1v) is 3.53. The highest BCUT2D eigenvalue weighted by Gasteiger charge is 2.52. The van der Waals surface area contributed by atoms with E-state index >= 15 is 0 Å². The fourth-order valence-corrected chi connectivity index (χ4v) is 1.15. The maximum atomic E-state index is 9.25. The fourth-order valence-electron chi connectivity index (χ4n) is 1.15. The second-order valence-corrected chi connectivity index (χ2v) is 2.78. The third-order valence-corrected chi connectivity index (χ3v) is 1.93. The molecule has 0 spiro atoms. The molecule has 1 heterocycles. The van der Waals surface area contributed by atoms with Gasteiger partial charge in [0.15, 0.2) is 0 Å². The van der Waals surface area contributed by atoms with Crippen molar-refractivity contribution in [1.29, 1.82) is 0 Å². The van der Waals surface area contributed by atoms with Crippen molar-refractivity contribution in [3.8, 4) is 0 Å². The van der Waals surface area contributed by atoms with E-state index in [-0.39, 0.29) is 0 Å². The summed E-state index contributed by atoms with van der Waals surface area (Å²) in [4.78, 5) is 0. The second kappa shape index (κ2) is 3.25. The van der Waals surface area contributed by atoms with Gasteiger partial charge in [0.05, 0.1) is 13.2 Å². The van der Waals surface area contributed by atoms with Crippen LogP contribution in [0.4, 0.5) is 0 Å². The first-order valence-electron chi connectivity index (χ1n) is 3.53. The number of aliphatic hydroxyl groups is 5. The van der Waals surface area contributed by atoms with Crippen LogP contribution in [0, 0.1) is 0 Å². The molecule has 0 saturated carbocycles. The van der Waals surface area contributed by atoms with Crippen LogP contribution in [0.25, 0.3) is 0 Å². The summed E-state index contributed by atoms with van der Waals surface area (Å²) in [5, 5.41) is 44.7. The predicted molar refractivity (Wildman–Crippen MR) is 36.0 cm³/mol. The number of aliphatic hydroxyl groups excluding tert-OH is 4. The van der Waals surface area contributed by atoms with Crippen molar-refractivity contribution in [3.63, 3.8) is 0 Å². The normalized spacial score (nSPS) is 48.2. The van der Waals surface area contributed by atoms with Gasteiger partial charge < -0.3 is 30.3 Å². The van der Waals surface area contributed by atoms with E-state index in [1.165, 1.54) is 0 Å². The van der Waals surface area contributed by atoms with Crippen LogP contribution in [-0.4, -0.2) is 62.8 Å². The molecule has 1 fully saturated rings. The zero-order valence-electron chi connectivity index (χ0n) is 6.29. The molecule has 1 rings (SSSR count). The van der Waals surface area contributed by atoms with Crippen LogP contribution in [0.2, 0.25) is 0 Å². The molecule has 72 valence electrons. The number of hydrogen-bond acceptors (Lipinski definition) is 6. The van der Waals surface area contributed by atoms with E-state index in [1.807, 2.05) is 0 Å². The molecule has 4 atom stereocenters. The fraction of sp³-hybridized carbons (Fsp3) is 1.00. The van der Waals surface area contributed by atoms with Crippen LogP contribution in [-0.2, 0) is 4.74 Å². The van der Waals surface area contributed by atoms with Crippen LogP contribution in [0.15, 0.2) is 0 Å². The van der Waals surface area contributed by atoms with Gasteiger partial charge in [-0.3, -0.25) is 0 Å². The molecule has 0 aromatic carbocycles. The van der Waals surface area contributed by atoms with E-state index in [0.29, 0.717) is 0 Å². The Morgan fingerprint density at radius 3 is 2.08 bits per heavy atom. The summed E-state index contributed by atoms with van der Waals surface area (Å²) in [6, 6.07) is 0. The summed E-state index contributed by atoms with van der Waals surface area (Å²) >= 11 is 0. The SMILES string of the molecule is OC[C@H]1O[C@](O)(CO)[C@@H](O)C1O. The van der Waals surface area contributed by atoms with Crippen molar-refractivity contribution in [1.82, 2.24) is 0 Å². The molecule has 6 nitrogen and oxygen atoms in total. The molecular weight excluding hydrogens is 168 g/mol. The molecule has 1 aliphatic rings. The van der Waals surface area contributed by atoms with Gasteiger partial charge in [-0.1, -0.05) is 0 Å². The molecular formula is C6H12O6. The Kier molecular flexibility index (Phi) is 2.67. The maximum absolute atomic E-state index is 9.25. The Balaban J connectivity index is 2.72. The first kappa shape index (κ1) is 9.85. The van der Waals surface area contributed by atoms with E-state index in [9.17, 15) is 5.11 Å². The van der Waals surface area contributed by atoms with Gasteiger partial charge in [0, 0.05) is 0 Å². The molecule has 0 aromatic rings. The zero-order chi connectivity index (χ0) is 9.35. The summed E-state index contributed by atoms with van der Waals surface area (Å²) in [5.74, 6) is -2.16. The summed E-state index contributed by atoms with van der Waals surface area (Å²) < 4.78 is 4.63. The van der Waals surface area contributed by atoms with E-state index < -0.39 is 37.3 Å². The third-order valence-electron chi connectivity index (χ3n) is 1.93. The minimum Gasteiger partial charge on any atom is -0.394 e. The largest absolute Gasteiger partial charge is 0.394 e. The van der Waals surface area contributed by atoms with E-state index in [0.717, 1.165) is 0 Å². The molecule has 0 amide bonds. The van der Waals surface area contributed by atoms with Crippen LogP contribution in [0.5, 0.6) is 0 Å². The van der Waals surface area contributed by atoms with Gasteiger partial charge in [0.25, 0.3) is 0 Å². The Morgan fingerprint density at radius 2 is 1.83 bits per heavy atom. The van der Waals surface area contributed by atoms with Gasteiger partial charge in [-0.25, -0.2) is 0 Å². The van der Waals surface area contributed by atoms with Crippen LogP contribution in [0.3, 0.4) is 0 Å². The van der Waals surface area contributed by atoms with Gasteiger partial charge in [-0.2, -0.15) is 0 Å². The lowest BCUT2D eigenvalue weighted by Gasteiger charge is -2.22. The molecule has 0 aliphatic carbocycles. The Hall–Kier alpha value is -0.240. The molecule has 12 heavy (non-hydrogen) atoms. The zero-order valence-corrected chi connectivity index (χ0v) is 6.29. The topological polar surface area (TPSA) is 110 Å². The van der Waals surface area contributed by atoms with E-state index in [4.69, 9.17) is 20.4 Å². The third kappa shape index (κ3) is 1.33. The quantitative estimate of drug-likeness (QED) is 0.306. The lowest BCUT2D eigenvalue weighted by Crippen LogP contribution is -2.46. The van der Waals surface area contributed by atoms with Crippen LogP contribution in [0.1, 0.15) is 0 Å². The van der Waals surface area contributed by atoms with E-state index in [2.05, 4.69) is 4.74 Å². The number of hydrogen-bond donors (Lipinski definition) is 5. The lowest BCUT2D eigenvalue weighted by molar-refractivity contribution is -0.248. The summed E-state index contributed by atoms with van der Waals surface area (Å²) in [6.45, 7) is -1.36. The highest BCUT2D eigenvalue weighted by atomic mass is 16.7. The average Bonchev–Trinajstić information content (AvgIpc) is 2.31. The van der Waals surface area contributed by atoms with Crippen LogP contribution >= 0.6 is 0 Å². The number of rotatable bonds is 2. The van der Waals surface area contributed by atoms with Gasteiger partial charge >= 0.3 is 0 Å². The maximum Gasteiger partial charge on any atom is 0.219 e. The smallest absolute Gasteiger partial charge is 0.219 e. The summed E-state index contributed by atoms with van der Waals surface area (Å²) in [7, 11) is 0. The molecule has 1 unspecified atom stereocenters. The lowest BCUT2D eigenvalue weighted by atomic mass is 10.1. The minimum absolute atomic E-state index is 0.527. The molecule has 5 N–H and O–H groups in total. The summed E-state index contributed by atoms with van der Waals surface area (Å²) in [6.07, 6.45) is -4.04. The van der Waals surface area contributed by atoms with Crippen molar-refractivity contribution in [3.05, 3.63) is 0 Å². The second-order valence-electron chi connectivity index (χ2n) is 2.78. The van der Waals surface area contributed by atoms with Gasteiger partial charge in [0.2, 0.25) is 5.79 Å². The molecule has 0 bridgehead atoms. The molecule has 0 radical (unpaired) electrons. The van der Waals surface area contributed by atoms with Crippen molar-refractivity contribution in [2.24, 2.45) is 0 Å². The predicted octanol–water partition coefficient (Wildman–Crippen LogP) is -3.22. The van der Waals surface area contributed by atoms with Gasteiger partial charge in [-0.15, -0.1) is 0 Å². The Bertz CT molecular complexity index is 162. The standard InChI is InChI=1S/C6H12O6/c7-1-3-4(9)5(10)6(11,2-8)12-3/h3-5,7-11H,1-2H2/t3-,4?,5+,6-/m1/s1. The van der Waals surface area contributed by atoms with E-state index in [1.54, 1.807) is 0 Å². The van der Waals surface area contributed by atoms with Crippen molar-refractivity contribution in [2.45, 2.75) is 24.1 Å². The monoisotopic (exact) mass is 180 g/mol. The van der Waals surface area contributed by atoms with Gasteiger partial charge in [-0.05, 0) is 0 Å². The van der Waals surface area contributed by atoms with Gasteiger partial charge in [0.1, 0.15) is 18.3 Å². The average molecular weight is 180 g/mol. The van der Waals surface area contributed by atoms with Crippen molar-refractivity contribution >= 4 is 0 Å². The highest BCUT2D eigenvalue weighted by Crippen LogP contribution is 2.28. The molecule has 6 heteroatoms. The van der Waals surface area contributed by atoms with Crippen molar-refractivity contribution in [2.75, 3.05) is 13.2 Å². The number of ether oxygens (including phenoxy) is 1. The summed E-state index contributed by atoms with van der Waals surface area (Å²) in [5.41, 5.74) is 0. The van der Waals surface area contributed by atoms with Crippen LogP contribution < -0.4 is 0 Å². The Labute approximate surface area is 68.6 Å². The highest BCUT2D eigenvalue weighted by molar-refractivity contribution is 4.94. The van der Waals surface area contributed by atoms with Crippen molar-refractivity contribution < 1.29 is 30.3 Å². The molecule has 1 aliphatic heterocycles.